The van der Waals surface area contributed by atoms with Crippen molar-refractivity contribution in [2.75, 3.05) is 6.61 Å². The van der Waals surface area contributed by atoms with Gasteiger partial charge in [0.2, 0.25) is 15.9 Å². The van der Waals surface area contributed by atoms with E-state index in [-0.39, 0.29) is 24.0 Å². The number of fused-ring (bicyclic) bond motifs is 1. The molecule has 158 valence electrons. The van der Waals surface area contributed by atoms with E-state index in [1.54, 1.807) is 17.6 Å². The van der Waals surface area contributed by atoms with E-state index in [1.807, 2.05) is 0 Å². The molecular formula is C19H25N3O5S2. The van der Waals surface area contributed by atoms with Crippen molar-refractivity contribution in [3.63, 3.8) is 0 Å². The molecule has 0 saturated heterocycles. The fraction of sp³-hybridized carbons (Fsp3) is 0.526. The molecule has 1 saturated carbocycles. The number of rotatable bonds is 7. The van der Waals surface area contributed by atoms with Gasteiger partial charge in [0.1, 0.15) is 6.54 Å². The zero-order valence-corrected chi connectivity index (χ0v) is 17.9. The van der Waals surface area contributed by atoms with Crippen LogP contribution in [0.5, 0.6) is 0 Å². The number of carbonyl (C=O) groups is 2. The van der Waals surface area contributed by atoms with E-state index in [1.165, 1.54) is 25.0 Å². The van der Waals surface area contributed by atoms with E-state index in [2.05, 4.69) is 4.99 Å². The summed E-state index contributed by atoms with van der Waals surface area (Å²) in [5.74, 6) is -0.115. The van der Waals surface area contributed by atoms with Gasteiger partial charge in [0, 0.05) is 6.42 Å². The number of carbonyl (C=O) groups excluding carboxylic acids is 2. The molecule has 2 aromatic rings. The summed E-state index contributed by atoms with van der Waals surface area (Å²) in [4.78, 5) is 29.0. The normalized spacial score (nSPS) is 15.9. The average molecular weight is 440 g/mol. The number of ether oxygens (including phenoxy) is 1. The third-order valence-corrected chi connectivity index (χ3v) is 6.99. The molecule has 1 aliphatic rings. The molecule has 3 rings (SSSR count). The number of nitrogens with zero attached hydrogens (tertiary/aromatic N) is 2. The molecule has 8 nitrogen and oxygen atoms in total. The summed E-state index contributed by atoms with van der Waals surface area (Å²) in [6.07, 6.45) is 5.95. The molecule has 1 amide bonds. The zero-order valence-electron chi connectivity index (χ0n) is 16.3. The molecule has 1 aliphatic carbocycles. The van der Waals surface area contributed by atoms with Crippen LogP contribution in [0.3, 0.4) is 0 Å². The van der Waals surface area contributed by atoms with Gasteiger partial charge in [-0.05, 0) is 37.5 Å². The zero-order chi connectivity index (χ0) is 21.0. The number of thiazole rings is 1. The minimum atomic E-state index is -3.86. The Kier molecular flexibility index (Phi) is 6.86. The lowest BCUT2D eigenvalue weighted by atomic mass is 10.0. The molecule has 1 aromatic carbocycles. The standard InChI is InChI=1S/C19H25N3O5S2/c1-2-27-18(24)12-22-15-9-8-14(29(20,25)26)11-16(15)28-19(22)21-17(23)10-7-13-5-3-4-6-13/h8-9,11,13H,2-7,10,12H2,1H3,(H2,20,25,26). The van der Waals surface area contributed by atoms with Crippen LogP contribution in [0.2, 0.25) is 0 Å². The molecular weight excluding hydrogens is 414 g/mol. The average Bonchev–Trinajstić information content (AvgIpc) is 3.27. The van der Waals surface area contributed by atoms with Crippen LogP contribution in [0, 0.1) is 5.92 Å². The van der Waals surface area contributed by atoms with Gasteiger partial charge in [0.15, 0.2) is 4.80 Å². The summed E-state index contributed by atoms with van der Waals surface area (Å²) >= 11 is 1.15. The molecule has 0 radical (unpaired) electrons. The molecule has 1 heterocycles. The number of sulfonamides is 1. The molecule has 29 heavy (non-hydrogen) atoms. The Labute approximate surface area is 173 Å². The van der Waals surface area contributed by atoms with Crippen molar-refractivity contribution in [2.24, 2.45) is 16.0 Å². The van der Waals surface area contributed by atoms with Gasteiger partial charge in [-0.2, -0.15) is 4.99 Å². The van der Waals surface area contributed by atoms with Crippen LogP contribution in [-0.2, 0) is 30.9 Å². The summed E-state index contributed by atoms with van der Waals surface area (Å²) in [6, 6.07) is 4.36. The summed E-state index contributed by atoms with van der Waals surface area (Å²) in [6.45, 7) is 1.84. The number of primary sulfonamides is 1. The van der Waals surface area contributed by atoms with Crippen LogP contribution in [0.4, 0.5) is 0 Å². The number of benzene rings is 1. The van der Waals surface area contributed by atoms with E-state index in [0.717, 1.165) is 30.6 Å². The SMILES string of the molecule is CCOC(=O)Cn1c(=NC(=O)CCC2CCCC2)sc2cc(S(N)(=O)=O)ccc21. The molecule has 0 atom stereocenters. The molecule has 10 heteroatoms. The predicted octanol–water partition coefficient (Wildman–Crippen LogP) is 2.31. The third kappa shape index (κ3) is 5.52. The maximum Gasteiger partial charge on any atom is 0.326 e. The quantitative estimate of drug-likeness (QED) is 0.664. The third-order valence-electron chi connectivity index (χ3n) is 5.04. The fourth-order valence-electron chi connectivity index (χ4n) is 3.59. The van der Waals surface area contributed by atoms with Gasteiger partial charge in [0.05, 0.1) is 21.7 Å². The van der Waals surface area contributed by atoms with Crippen molar-refractivity contribution in [1.82, 2.24) is 4.57 Å². The minimum absolute atomic E-state index is 0.0337. The minimum Gasteiger partial charge on any atom is -0.465 e. The maximum absolute atomic E-state index is 12.4. The van der Waals surface area contributed by atoms with Gasteiger partial charge in [-0.3, -0.25) is 9.59 Å². The monoisotopic (exact) mass is 439 g/mol. The van der Waals surface area contributed by atoms with Crippen LogP contribution in [0.1, 0.15) is 45.4 Å². The highest BCUT2D eigenvalue weighted by atomic mass is 32.2. The maximum atomic E-state index is 12.4. The molecule has 0 spiro atoms. The topological polar surface area (TPSA) is 121 Å². The van der Waals surface area contributed by atoms with Crippen molar-refractivity contribution >= 4 is 43.5 Å². The van der Waals surface area contributed by atoms with Gasteiger partial charge in [-0.15, -0.1) is 0 Å². The first-order chi connectivity index (χ1) is 13.8. The molecule has 0 aliphatic heterocycles. The first kappa shape index (κ1) is 21.7. The Bertz CT molecular complexity index is 1080. The van der Waals surface area contributed by atoms with Crippen LogP contribution < -0.4 is 9.94 Å². The Morgan fingerprint density at radius 1 is 1.31 bits per heavy atom. The summed E-state index contributed by atoms with van der Waals surface area (Å²) in [5.41, 5.74) is 0.595. The smallest absolute Gasteiger partial charge is 0.326 e. The lowest BCUT2D eigenvalue weighted by Crippen LogP contribution is -2.23. The van der Waals surface area contributed by atoms with Gasteiger partial charge in [-0.25, -0.2) is 13.6 Å². The second-order valence-electron chi connectivity index (χ2n) is 7.15. The number of nitrogens with two attached hydrogens (primary N) is 1. The molecule has 1 fully saturated rings. The first-order valence-electron chi connectivity index (χ1n) is 9.67. The number of amides is 1. The number of aromatic nitrogens is 1. The van der Waals surface area contributed by atoms with E-state index in [0.29, 0.717) is 27.4 Å². The van der Waals surface area contributed by atoms with Gasteiger partial charge in [0.25, 0.3) is 0 Å². The van der Waals surface area contributed by atoms with Gasteiger partial charge < -0.3 is 9.30 Å². The number of hydrogen-bond donors (Lipinski definition) is 1. The van der Waals surface area contributed by atoms with Crippen LogP contribution in [0.25, 0.3) is 10.2 Å². The molecule has 0 bridgehead atoms. The molecule has 0 unspecified atom stereocenters. The highest BCUT2D eigenvalue weighted by molar-refractivity contribution is 7.89. The van der Waals surface area contributed by atoms with Crippen molar-refractivity contribution in [3.8, 4) is 0 Å². The Morgan fingerprint density at radius 3 is 2.69 bits per heavy atom. The lowest BCUT2D eigenvalue weighted by molar-refractivity contribution is -0.143. The highest BCUT2D eigenvalue weighted by Crippen LogP contribution is 2.28. The van der Waals surface area contributed by atoms with Crippen LogP contribution >= 0.6 is 11.3 Å². The van der Waals surface area contributed by atoms with Crippen molar-refractivity contribution < 1.29 is 22.7 Å². The Morgan fingerprint density at radius 2 is 2.03 bits per heavy atom. The Balaban J connectivity index is 1.95. The van der Waals surface area contributed by atoms with Gasteiger partial charge >= 0.3 is 5.97 Å². The fourth-order valence-corrected chi connectivity index (χ4v) is 5.29. The van der Waals surface area contributed by atoms with E-state index >= 15 is 0 Å². The van der Waals surface area contributed by atoms with Crippen LogP contribution in [-0.4, -0.2) is 31.5 Å². The predicted molar refractivity (Wildman–Crippen MR) is 110 cm³/mol. The highest BCUT2D eigenvalue weighted by Gasteiger charge is 2.18. The van der Waals surface area contributed by atoms with E-state index in [4.69, 9.17) is 9.88 Å². The van der Waals surface area contributed by atoms with E-state index in [9.17, 15) is 18.0 Å². The first-order valence-corrected chi connectivity index (χ1v) is 12.0. The second kappa shape index (κ2) is 9.19. The van der Waals surface area contributed by atoms with Gasteiger partial charge in [-0.1, -0.05) is 37.0 Å². The van der Waals surface area contributed by atoms with Crippen molar-refractivity contribution in [2.45, 2.75) is 56.9 Å². The largest absolute Gasteiger partial charge is 0.465 e. The lowest BCUT2D eigenvalue weighted by Gasteiger charge is -2.06. The van der Waals surface area contributed by atoms with Crippen LogP contribution in [0.15, 0.2) is 28.1 Å². The summed E-state index contributed by atoms with van der Waals surface area (Å²) in [7, 11) is -3.86. The molecule has 2 N–H and O–H groups in total. The number of esters is 1. The second-order valence-corrected chi connectivity index (χ2v) is 9.72. The summed E-state index contributed by atoms with van der Waals surface area (Å²) in [5, 5.41) is 5.21. The molecule has 1 aromatic heterocycles. The summed E-state index contributed by atoms with van der Waals surface area (Å²) < 4.78 is 30.5. The van der Waals surface area contributed by atoms with Crippen molar-refractivity contribution in [3.05, 3.63) is 23.0 Å². The van der Waals surface area contributed by atoms with E-state index < -0.39 is 16.0 Å². The Hall–Kier alpha value is -2.04. The van der Waals surface area contributed by atoms with Crippen molar-refractivity contribution in [1.29, 1.82) is 0 Å². The number of hydrogen-bond acceptors (Lipinski definition) is 6.